The zero-order valence-corrected chi connectivity index (χ0v) is 13.2. The van der Waals surface area contributed by atoms with E-state index in [1.54, 1.807) is 0 Å². The highest BCUT2D eigenvalue weighted by Crippen LogP contribution is 2.28. The molecule has 23 heavy (non-hydrogen) atoms. The third kappa shape index (κ3) is 3.54. The van der Waals surface area contributed by atoms with Crippen LogP contribution in [0.4, 0.5) is 0 Å². The summed E-state index contributed by atoms with van der Waals surface area (Å²) in [5, 5.41) is 1.47. The molecule has 0 bridgehead atoms. The maximum absolute atomic E-state index is 12.8. The number of hydrogen-bond acceptors (Lipinski definition) is 4. The molecule has 6 nitrogen and oxygen atoms in total. The van der Waals surface area contributed by atoms with Crippen molar-refractivity contribution in [2.45, 2.75) is 44.3 Å². The highest BCUT2D eigenvalue weighted by Gasteiger charge is 2.42. The predicted molar refractivity (Wildman–Crippen MR) is 84.9 cm³/mol. The zero-order valence-electron chi connectivity index (χ0n) is 13.2. The Kier molecular flexibility index (Phi) is 4.93. The van der Waals surface area contributed by atoms with Crippen molar-refractivity contribution in [1.29, 1.82) is 0 Å². The van der Waals surface area contributed by atoms with Gasteiger partial charge in [0.05, 0.1) is 18.7 Å². The smallest absolute Gasteiger partial charge is 0.263 e. The van der Waals surface area contributed by atoms with Crippen molar-refractivity contribution in [2.75, 3.05) is 13.2 Å². The fourth-order valence-electron chi connectivity index (χ4n) is 3.39. The third-order valence-corrected chi connectivity index (χ3v) is 4.58. The molecule has 0 spiro atoms. The van der Waals surface area contributed by atoms with Crippen molar-refractivity contribution in [3.8, 4) is 0 Å². The lowest BCUT2D eigenvalue weighted by Crippen LogP contribution is -2.51. The molecule has 0 unspecified atom stereocenters. The van der Waals surface area contributed by atoms with Crippen molar-refractivity contribution >= 4 is 11.8 Å². The first-order valence-corrected chi connectivity index (χ1v) is 8.20. The van der Waals surface area contributed by atoms with E-state index in [-0.39, 0.29) is 17.9 Å². The van der Waals surface area contributed by atoms with Crippen LogP contribution in [-0.4, -0.2) is 47.0 Å². The van der Waals surface area contributed by atoms with Crippen LogP contribution in [0.15, 0.2) is 30.3 Å². The van der Waals surface area contributed by atoms with Crippen molar-refractivity contribution in [3.63, 3.8) is 0 Å². The highest BCUT2D eigenvalue weighted by atomic mass is 16.7. The second-order valence-electron chi connectivity index (χ2n) is 6.15. The van der Waals surface area contributed by atoms with Crippen LogP contribution in [0.5, 0.6) is 0 Å². The molecular weight excluding hydrogens is 294 g/mol. The van der Waals surface area contributed by atoms with Crippen LogP contribution in [-0.2, 0) is 21.0 Å². The second-order valence-corrected chi connectivity index (χ2v) is 6.15. The number of primary amides is 1. The van der Waals surface area contributed by atoms with E-state index in [2.05, 4.69) is 0 Å². The lowest BCUT2D eigenvalue weighted by molar-refractivity contribution is -0.201. The van der Waals surface area contributed by atoms with Crippen molar-refractivity contribution in [1.82, 2.24) is 9.96 Å². The Balaban J connectivity index is 1.77. The van der Waals surface area contributed by atoms with E-state index in [9.17, 15) is 9.59 Å². The molecule has 1 aromatic carbocycles. The normalized spacial score (nSPS) is 25.5. The van der Waals surface area contributed by atoms with Gasteiger partial charge in [0.25, 0.3) is 5.91 Å². The fourth-order valence-corrected chi connectivity index (χ4v) is 3.39. The number of nitrogens with zero attached hydrogens (tertiary/aromatic N) is 2. The lowest BCUT2D eigenvalue weighted by atomic mass is 10.1. The summed E-state index contributed by atoms with van der Waals surface area (Å²) in [7, 11) is 0. The van der Waals surface area contributed by atoms with Gasteiger partial charge < -0.3 is 5.73 Å². The molecule has 2 atom stereocenters. The topological polar surface area (TPSA) is 75.9 Å². The lowest BCUT2D eigenvalue weighted by Gasteiger charge is -2.33. The Hall–Kier alpha value is -1.92. The zero-order chi connectivity index (χ0) is 16.2. The average molecular weight is 317 g/mol. The summed E-state index contributed by atoms with van der Waals surface area (Å²) in [6.45, 7) is 1.74. The summed E-state index contributed by atoms with van der Waals surface area (Å²) in [6, 6.07) is 9.11. The van der Waals surface area contributed by atoms with Gasteiger partial charge in [-0.15, -0.1) is 0 Å². The van der Waals surface area contributed by atoms with Crippen LogP contribution < -0.4 is 5.73 Å². The van der Waals surface area contributed by atoms with Gasteiger partial charge >= 0.3 is 0 Å². The van der Waals surface area contributed by atoms with Crippen LogP contribution in [0.3, 0.4) is 0 Å². The molecule has 0 aliphatic carbocycles. The molecular formula is C17H23N3O3. The standard InChI is InChI=1S/C17H23N3O3/c18-16(21)14-8-9-15(17(22)20-10-4-5-11-23-20)19(14)12-13-6-2-1-3-7-13/h1-3,6-7,14-15H,4-5,8-12H2,(H2,18,21)/t14-,15+/m0/s1. The first-order chi connectivity index (χ1) is 11.2. The fraction of sp³-hybridized carbons (Fsp3) is 0.529. The van der Waals surface area contributed by atoms with E-state index in [0.29, 0.717) is 32.5 Å². The predicted octanol–water partition coefficient (Wildman–Crippen LogP) is 1.06. The molecule has 3 rings (SSSR count). The quantitative estimate of drug-likeness (QED) is 0.901. The van der Waals surface area contributed by atoms with Crippen LogP contribution >= 0.6 is 0 Å². The molecule has 0 radical (unpaired) electrons. The van der Waals surface area contributed by atoms with Gasteiger partial charge in [0.2, 0.25) is 5.91 Å². The first-order valence-electron chi connectivity index (χ1n) is 8.20. The number of amides is 2. The van der Waals surface area contributed by atoms with E-state index in [0.717, 1.165) is 18.4 Å². The van der Waals surface area contributed by atoms with Crippen LogP contribution in [0.2, 0.25) is 0 Å². The van der Waals surface area contributed by atoms with Crippen molar-refractivity contribution < 1.29 is 14.4 Å². The molecule has 2 aliphatic heterocycles. The number of nitrogens with two attached hydrogens (primary N) is 1. The summed E-state index contributed by atoms with van der Waals surface area (Å²) in [6.07, 6.45) is 3.19. The van der Waals surface area contributed by atoms with E-state index in [1.165, 1.54) is 5.06 Å². The maximum Gasteiger partial charge on any atom is 0.263 e. The van der Waals surface area contributed by atoms with Gasteiger partial charge in [-0.25, -0.2) is 5.06 Å². The Bertz CT molecular complexity index is 557. The molecule has 6 heteroatoms. The number of rotatable bonds is 4. The minimum Gasteiger partial charge on any atom is -0.368 e. The van der Waals surface area contributed by atoms with Crippen LogP contribution in [0.25, 0.3) is 0 Å². The molecule has 0 aromatic heterocycles. The minimum absolute atomic E-state index is 0.0515. The van der Waals surface area contributed by atoms with Gasteiger partial charge in [-0.05, 0) is 31.2 Å². The number of benzene rings is 1. The summed E-state index contributed by atoms with van der Waals surface area (Å²) >= 11 is 0. The number of hydrogen-bond donors (Lipinski definition) is 1. The monoisotopic (exact) mass is 317 g/mol. The summed E-state index contributed by atoms with van der Waals surface area (Å²) in [4.78, 5) is 32.0. The summed E-state index contributed by atoms with van der Waals surface area (Å²) in [5.41, 5.74) is 6.61. The Morgan fingerprint density at radius 1 is 1.13 bits per heavy atom. The second kappa shape index (κ2) is 7.10. The molecule has 2 N–H and O–H groups in total. The highest BCUT2D eigenvalue weighted by molar-refractivity contribution is 5.85. The van der Waals surface area contributed by atoms with Crippen LogP contribution in [0.1, 0.15) is 31.2 Å². The summed E-state index contributed by atoms with van der Waals surface area (Å²) < 4.78 is 0. The SMILES string of the molecule is NC(=O)[C@@H]1CC[C@H](C(=O)N2CCCCO2)N1Cc1ccccc1. The number of carbonyl (C=O) groups is 2. The third-order valence-electron chi connectivity index (χ3n) is 4.58. The first kappa shape index (κ1) is 16.0. The molecule has 1 aromatic rings. The largest absolute Gasteiger partial charge is 0.368 e. The van der Waals surface area contributed by atoms with E-state index in [4.69, 9.17) is 10.6 Å². The molecule has 0 saturated carbocycles. The average Bonchev–Trinajstić information content (AvgIpc) is 2.99. The Labute approximate surface area is 136 Å². The van der Waals surface area contributed by atoms with E-state index in [1.807, 2.05) is 35.2 Å². The van der Waals surface area contributed by atoms with Crippen molar-refractivity contribution in [2.24, 2.45) is 5.73 Å². The minimum atomic E-state index is -0.394. The molecule has 2 fully saturated rings. The number of hydroxylamine groups is 2. The summed E-state index contributed by atoms with van der Waals surface area (Å²) in [5.74, 6) is -0.417. The van der Waals surface area contributed by atoms with Gasteiger partial charge in [-0.1, -0.05) is 30.3 Å². The van der Waals surface area contributed by atoms with Gasteiger partial charge in [-0.3, -0.25) is 19.3 Å². The van der Waals surface area contributed by atoms with Gasteiger partial charge in [0, 0.05) is 13.1 Å². The van der Waals surface area contributed by atoms with Gasteiger partial charge in [0.15, 0.2) is 0 Å². The molecule has 2 amide bonds. The number of likely N-dealkylation sites (tertiary alicyclic amines) is 1. The van der Waals surface area contributed by atoms with E-state index >= 15 is 0 Å². The van der Waals surface area contributed by atoms with Gasteiger partial charge in [-0.2, -0.15) is 0 Å². The molecule has 2 heterocycles. The maximum atomic E-state index is 12.8. The Morgan fingerprint density at radius 2 is 1.87 bits per heavy atom. The molecule has 2 aliphatic rings. The van der Waals surface area contributed by atoms with Gasteiger partial charge in [0.1, 0.15) is 0 Å². The van der Waals surface area contributed by atoms with E-state index < -0.39 is 6.04 Å². The van der Waals surface area contributed by atoms with Crippen molar-refractivity contribution in [3.05, 3.63) is 35.9 Å². The molecule has 2 saturated heterocycles. The van der Waals surface area contributed by atoms with Crippen LogP contribution in [0, 0.1) is 0 Å². The molecule has 124 valence electrons. The number of carbonyl (C=O) groups excluding carboxylic acids is 2. The Morgan fingerprint density at radius 3 is 2.52 bits per heavy atom.